The summed E-state index contributed by atoms with van der Waals surface area (Å²) in [6.07, 6.45) is 0.670. The van der Waals surface area contributed by atoms with Gasteiger partial charge in [0.05, 0.1) is 5.56 Å². The molecule has 1 rings (SSSR count). The summed E-state index contributed by atoms with van der Waals surface area (Å²) in [5, 5.41) is 17.5. The van der Waals surface area contributed by atoms with Crippen molar-refractivity contribution in [3.05, 3.63) is 35.1 Å². The van der Waals surface area contributed by atoms with E-state index in [-0.39, 0.29) is 12.2 Å². The average molecular weight is 255 g/mol. The first kappa shape index (κ1) is 14.6. The largest absolute Gasteiger partial charge is 0.478 e. The predicted molar refractivity (Wildman–Crippen MR) is 66.0 cm³/mol. The number of halogens is 1. The fourth-order valence-corrected chi connectivity index (χ4v) is 1.73. The predicted octanol–water partition coefficient (Wildman–Crippen LogP) is 1.73. The van der Waals surface area contributed by atoms with Gasteiger partial charge in [-0.25, -0.2) is 9.18 Å². The van der Waals surface area contributed by atoms with E-state index >= 15 is 0 Å². The van der Waals surface area contributed by atoms with E-state index in [0.717, 1.165) is 18.7 Å². The van der Waals surface area contributed by atoms with Crippen molar-refractivity contribution in [3.8, 4) is 0 Å². The van der Waals surface area contributed by atoms with E-state index in [2.05, 4.69) is 4.90 Å². The minimum Gasteiger partial charge on any atom is -0.478 e. The Morgan fingerprint density at radius 2 is 2.17 bits per heavy atom. The van der Waals surface area contributed by atoms with Crippen molar-refractivity contribution in [2.24, 2.45) is 0 Å². The maximum absolute atomic E-state index is 13.5. The molecule has 2 N–H and O–H groups in total. The highest BCUT2D eigenvalue weighted by molar-refractivity contribution is 5.87. The van der Waals surface area contributed by atoms with Gasteiger partial charge in [0, 0.05) is 19.7 Å². The number of benzene rings is 1. The SMILES string of the molecule is CCN(CCCO)Cc1ccc(C(=O)O)c(F)c1. The minimum atomic E-state index is -1.26. The van der Waals surface area contributed by atoms with Gasteiger partial charge in [0.2, 0.25) is 0 Å². The Bertz CT molecular complexity index is 409. The average Bonchev–Trinajstić information content (AvgIpc) is 2.34. The quantitative estimate of drug-likeness (QED) is 0.779. The molecule has 0 heterocycles. The third kappa shape index (κ3) is 4.09. The summed E-state index contributed by atoms with van der Waals surface area (Å²) in [4.78, 5) is 12.7. The number of aliphatic hydroxyl groups excluding tert-OH is 1. The van der Waals surface area contributed by atoms with E-state index in [1.807, 2.05) is 6.92 Å². The summed E-state index contributed by atoms with van der Waals surface area (Å²) in [6, 6.07) is 4.16. The van der Waals surface area contributed by atoms with Gasteiger partial charge in [-0.05, 0) is 30.7 Å². The molecule has 0 spiro atoms. The molecule has 0 saturated carbocycles. The molecule has 1 aromatic carbocycles. The third-order valence-electron chi connectivity index (χ3n) is 2.75. The zero-order valence-corrected chi connectivity index (χ0v) is 10.4. The van der Waals surface area contributed by atoms with Crippen molar-refractivity contribution in [1.82, 2.24) is 4.90 Å². The van der Waals surface area contributed by atoms with Gasteiger partial charge in [-0.1, -0.05) is 13.0 Å². The van der Waals surface area contributed by atoms with Gasteiger partial charge in [-0.2, -0.15) is 0 Å². The normalized spacial score (nSPS) is 10.9. The highest BCUT2D eigenvalue weighted by Crippen LogP contribution is 2.12. The van der Waals surface area contributed by atoms with Crippen LogP contribution in [0.2, 0.25) is 0 Å². The molecule has 0 fully saturated rings. The number of hydrogen-bond acceptors (Lipinski definition) is 3. The van der Waals surface area contributed by atoms with Crippen LogP contribution < -0.4 is 0 Å². The summed E-state index contributed by atoms with van der Waals surface area (Å²) in [7, 11) is 0. The number of carbonyl (C=O) groups is 1. The van der Waals surface area contributed by atoms with Crippen LogP contribution in [-0.2, 0) is 6.54 Å². The third-order valence-corrected chi connectivity index (χ3v) is 2.75. The molecule has 0 unspecified atom stereocenters. The van der Waals surface area contributed by atoms with Gasteiger partial charge in [0.25, 0.3) is 0 Å². The van der Waals surface area contributed by atoms with Crippen LogP contribution >= 0.6 is 0 Å². The van der Waals surface area contributed by atoms with Crippen LogP contribution in [0, 0.1) is 5.82 Å². The minimum absolute atomic E-state index is 0.128. The fourth-order valence-electron chi connectivity index (χ4n) is 1.73. The summed E-state index contributed by atoms with van der Waals surface area (Å²) in [5.74, 6) is -1.97. The second-order valence-electron chi connectivity index (χ2n) is 4.07. The van der Waals surface area contributed by atoms with Crippen LogP contribution in [0.1, 0.15) is 29.3 Å². The van der Waals surface area contributed by atoms with Crippen molar-refractivity contribution < 1.29 is 19.4 Å². The zero-order chi connectivity index (χ0) is 13.5. The van der Waals surface area contributed by atoms with Crippen LogP contribution in [0.4, 0.5) is 4.39 Å². The van der Waals surface area contributed by atoms with Gasteiger partial charge in [-0.3, -0.25) is 4.90 Å². The Morgan fingerprint density at radius 3 is 2.67 bits per heavy atom. The van der Waals surface area contributed by atoms with Crippen molar-refractivity contribution in [3.63, 3.8) is 0 Å². The lowest BCUT2D eigenvalue weighted by atomic mass is 10.1. The first-order valence-corrected chi connectivity index (χ1v) is 5.93. The second kappa shape index (κ2) is 7.08. The van der Waals surface area contributed by atoms with E-state index in [0.29, 0.717) is 13.0 Å². The van der Waals surface area contributed by atoms with E-state index in [9.17, 15) is 9.18 Å². The molecule has 0 radical (unpaired) electrons. The van der Waals surface area contributed by atoms with E-state index in [1.54, 1.807) is 6.07 Å². The summed E-state index contributed by atoms with van der Waals surface area (Å²) in [6.45, 7) is 4.19. The molecule has 0 atom stereocenters. The number of aliphatic hydroxyl groups is 1. The first-order chi connectivity index (χ1) is 8.58. The molecule has 5 heteroatoms. The van der Waals surface area contributed by atoms with Crippen LogP contribution in [0.5, 0.6) is 0 Å². The smallest absolute Gasteiger partial charge is 0.338 e. The Kier molecular flexibility index (Phi) is 5.74. The molecule has 0 aliphatic carbocycles. The van der Waals surface area contributed by atoms with Crippen molar-refractivity contribution in [1.29, 1.82) is 0 Å². The molecule has 1 aromatic rings. The van der Waals surface area contributed by atoms with Gasteiger partial charge in [0.1, 0.15) is 5.82 Å². The van der Waals surface area contributed by atoms with Crippen molar-refractivity contribution >= 4 is 5.97 Å². The number of aromatic carboxylic acids is 1. The highest BCUT2D eigenvalue weighted by Gasteiger charge is 2.11. The lowest BCUT2D eigenvalue weighted by Gasteiger charge is -2.20. The Balaban J connectivity index is 2.72. The molecule has 0 aromatic heterocycles. The number of nitrogens with zero attached hydrogens (tertiary/aromatic N) is 1. The van der Waals surface area contributed by atoms with Gasteiger partial charge < -0.3 is 10.2 Å². The first-order valence-electron chi connectivity index (χ1n) is 5.93. The lowest BCUT2D eigenvalue weighted by molar-refractivity contribution is 0.0692. The lowest BCUT2D eigenvalue weighted by Crippen LogP contribution is -2.24. The van der Waals surface area contributed by atoms with Gasteiger partial charge in [-0.15, -0.1) is 0 Å². The summed E-state index contributed by atoms with van der Waals surface area (Å²) in [5.41, 5.74) is 0.425. The van der Waals surface area contributed by atoms with E-state index < -0.39 is 11.8 Å². The number of rotatable bonds is 7. The Hall–Kier alpha value is -1.46. The molecular formula is C13H18FNO3. The van der Waals surface area contributed by atoms with Crippen molar-refractivity contribution in [2.75, 3.05) is 19.7 Å². The molecule has 18 heavy (non-hydrogen) atoms. The number of carboxylic acids is 1. The molecule has 0 aliphatic rings. The second-order valence-corrected chi connectivity index (χ2v) is 4.07. The topological polar surface area (TPSA) is 60.8 Å². The monoisotopic (exact) mass is 255 g/mol. The maximum Gasteiger partial charge on any atom is 0.338 e. The fraction of sp³-hybridized carbons (Fsp3) is 0.462. The van der Waals surface area contributed by atoms with Crippen LogP contribution in [0.3, 0.4) is 0 Å². The maximum atomic E-state index is 13.5. The van der Waals surface area contributed by atoms with Crippen LogP contribution in [0.15, 0.2) is 18.2 Å². The standard InChI is InChI=1S/C13H18FNO3/c1-2-15(6-3-7-16)9-10-4-5-11(13(17)18)12(14)8-10/h4-5,8,16H,2-3,6-7,9H2,1H3,(H,17,18). The van der Waals surface area contributed by atoms with E-state index in [4.69, 9.17) is 10.2 Å². The molecule has 4 nitrogen and oxygen atoms in total. The van der Waals surface area contributed by atoms with Gasteiger partial charge in [0.15, 0.2) is 0 Å². The van der Waals surface area contributed by atoms with Gasteiger partial charge >= 0.3 is 5.97 Å². The van der Waals surface area contributed by atoms with Crippen LogP contribution in [0.25, 0.3) is 0 Å². The molecular weight excluding hydrogens is 237 g/mol. The summed E-state index contributed by atoms with van der Waals surface area (Å²) < 4.78 is 13.5. The summed E-state index contributed by atoms with van der Waals surface area (Å²) >= 11 is 0. The molecule has 100 valence electrons. The molecule has 0 aliphatic heterocycles. The van der Waals surface area contributed by atoms with Crippen LogP contribution in [-0.4, -0.2) is 40.8 Å². The molecule has 0 saturated heterocycles. The highest BCUT2D eigenvalue weighted by atomic mass is 19.1. The van der Waals surface area contributed by atoms with Crippen molar-refractivity contribution in [2.45, 2.75) is 19.9 Å². The molecule has 0 amide bonds. The van der Waals surface area contributed by atoms with E-state index in [1.165, 1.54) is 12.1 Å². The Morgan fingerprint density at radius 1 is 1.44 bits per heavy atom. The Labute approximate surface area is 106 Å². The number of hydrogen-bond donors (Lipinski definition) is 2. The zero-order valence-electron chi connectivity index (χ0n) is 10.4. The molecule has 0 bridgehead atoms. The number of carboxylic acid groups (broad SMARTS) is 1.